The van der Waals surface area contributed by atoms with Gasteiger partial charge in [0.05, 0.1) is 24.9 Å². The summed E-state index contributed by atoms with van der Waals surface area (Å²) in [6, 6.07) is -3.62. The third-order valence-corrected chi connectivity index (χ3v) is 11.0. The third kappa shape index (κ3) is 20.7. The highest BCUT2D eigenvalue weighted by molar-refractivity contribution is 5.98. The molecule has 1 aromatic rings. The second-order valence-corrected chi connectivity index (χ2v) is 17.4. The van der Waals surface area contributed by atoms with Crippen molar-refractivity contribution in [2.45, 2.75) is 140 Å². The summed E-state index contributed by atoms with van der Waals surface area (Å²) < 4.78 is 0. The van der Waals surface area contributed by atoms with Gasteiger partial charge in [0.1, 0.15) is 48.3 Å². The zero-order chi connectivity index (χ0) is 51.8. The molecule has 0 bridgehead atoms. The summed E-state index contributed by atoms with van der Waals surface area (Å²) in [5, 5.41) is 56.7. The highest BCUT2D eigenvalue weighted by atomic mass is 16.3. The SMILES string of the molecule is CC(=O)N[C@H](CN[C@H](CO)C(=O)N[C@H]1CCNC(=O)[C@H]([C@@H](C)O)NC(=O)[C@H](CCN)NC(=O)[C@H](CCN)NC(=O)[C@H](CC(C)C)NC(=O)[C@@H](Cc2ccccc2)NC(=O)[C@H](CCN)NC1=O)[C@@H](C)O. The normalized spacial score (nSPS) is 24.7. The molecule has 1 aliphatic heterocycles. The van der Waals surface area contributed by atoms with Crippen LogP contribution in [0.2, 0.25) is 0 Å². The molecule has 1 aliphatic rings. The molecule has 0 radical (unpaired) electrons. The predicted octanol–water partition coefficient (Wildman–Crippen LogP) is -6.55. The van der Waals surface area contributed by atoms with Crippen molar-refractivity contribution < 1.29 is 58.5 Å². The standard InChI is InChI=1S/C44H75N13O12/c1-23(2)19-32-41(66)53-28(11-15-45)37(62)52-30(13-17-47)40(65)57-36(25(4)60)44(69)48-18-14-31(54-43(68)35(22-58)49-21-34(24(3)59)50-26(5)61)39(64)51-29(12-16-46)38(63)56-33(42(67)55-32)20-27-9-7-6-8-10-27/h6-10,23-25,28-36,49,58-60H,11-22,45-47H2,1-5H3,(H,48,69)(H,50,61)(H,51,64)(H,52,62)(H,53,66)(H,54,68)(H,55,67)(H,56,63)(H,57,65)/t24-,25-,28+,29+,30+,31+,32+,33-,34-,35-,36+/m1/s1. The number of hydrogen-bond acceptors (Lipinski definition) is 16. The van der Waals surface area contributed by atoms with Crippen LogP contribution in [-0.2, 0) is 49.6 Å². The van der Waals surface area contributed by atoms with Crippen molar-refractivity contribution in [3.63, 3.8) is 0 Å². The lowest BCUT2D eigenvalue weighted by Crippen LogP contribution is -2.61. The summed E-state index contributed by atoms with van der Waals surface area (Å²) in [7, 11) is 0. The van der Waals surface area contributed by atoms with Gasteiger partial charge in [-0.25, -0.2) is 0 Å². The van der Waals surface area contributed by atoms with Crippen LogP contribution in [0.5, 0.6) is 0 Å². The summed E-state index contributed by atoms with van der Waals surface area (Å²) in [5.41, 5.74) is 18.1. The van der Waals surface area contributed by atoms with Crippen molar-refractivity contribution in [1.82, 2.24) is 53.2 Å². The van der Waals surface area contributed by atoms with Gasteiger partial charge in [0.25, 0.3) is 0 Å². The van der Waals surface area contributed by atoms with Gasteiger partial charge in [0.2, 0.25) is 53.2 Å². The van der Waals surface area contributed by atoms with Gasteiger partial charge in [-0.2, -0.15) is 0 Å². The van der Waals surface area contributed by atoms with E-state index in [-0.39, 0.29) is 70.6 Å². The van der Waals surface area contributed by atoms with E-state index in [0.29, 0.717) is 5.56 Å². The molecule has 0 spiro atoms. The monoisotopic (exact) mass is 978 g/mol. The molecule has 11 atom stereocenters. The maximum Gasteiger partial charge on any atom is 0.245 e. The topological polar surface area (TPSA) is 413 Å². The summed E-state index contributed by atoms with van der Waals surface area (Å²) in [5.74, 6) is -7.72. The molecule has 1 fully saturated rings. The fourth-order valence-corrected chi connectivity index (χ4v) is 7.19. The van der Waals surface area contributed by atoms with Crippen molar-refractivity contribution in [1.29, 1.82) is 0 Å². The van der Waals surface area contributed by atoms with Crippen molar-refractivity contribution in [2.24, 2.45) is 23.1 Å². The maximum absolute atomic E-state index is 14.3. The van der Waals surface area contributed by atoms with E-state index in [4.69, 9.17) is 17.2 Å². The summed E-state index contributed by atoms with van der Waals surface area (Å²) >= 11 is 0. The van der Waals surface area contributed by atoms with Gasteiger partial charge in [0.15, 0.2) is 0 Å². The van der Waals surface area contributed by atoms with E-state index in [1.165, 1.54) is 20.8 Å². The van der Waals surface area contributed by atoms with Crippen LogP contribution in [0.1, 0.15) is 72.3 Å². The average Bonchev–Trinajstić information content (AvgIpc) is 3.28. The number of hydrogen-bond donors (Lipinski definition) is 16. The lowest BCUT2D eigenvalue weighted by molar-refractivity contribution is -0.136. The largest absolute Gasteiger partial charge is 0.394 e. The van der Waals surface area contributed by atoms with Crippen molar-refractivity contribution in [3.8, 4) is 0 Å². The number of aliphatic hydroxyl groups is 3. The molecule has 0 aliphatic carbocycles. The van der Waals surface area contributed by atoms with E-state index < -0.39 is 133 Å². The molecule has 25 heteroatoms. The summed E-state index contributed by atoms with van der Waals surface area (Å²) in [6.07, 6.45) is -3.41. The molecule has 25 nitrogen and oxygen atoms in total. The van der Waals surface area contributed by atoms with Gasteiger partial charge >= 0.3 is 0 Å². The number of carbonyl (C=O) groups is 9. The first-order chi connectivity index (χ1) is 32.6. The quantitative estimate of drug-likeness (QED) is 0.0613. The number of amides is 9. The molecule has 388 valence electrons. The number of nitrogens with two attached hydrogens (primary N) is 3. The van der Waals surface area contributed by atoms with Crippen LogP contribution in [0.4, 0.5) is 0 Å². The van der Waals surface area contributed by atoms with Crippen molar-refractivity contribution in [3.05, 3.63) is 35.9 Å². The fraction of sp³-hybridized carbons (Fsp3) is 0.659. The van der Waals surface area contributed by atoms with Crippen molar-refractivity contribution >= 4 is 53.2 Å². The molecule has 1 heterocycles. The van der Waals surface area contributed by atoms with Gasteiger partial charge < -0.3 is 85.7 Å². The molecule has 69 heavy (non-hydrogen) atoms. The zero-order valence-electron chi connectivity index (χ0n) is 40.0. The molecule has 1 aromatic carbocycles. The van der Waals surface area contributed by atoms with Crippen LogP contribution in [0.15, 0.2) is 30.3 Å². The van der Waals surface area contributed by atoms with E-state index >= 15 is 0 Å². The average molecular weight is 978 g/mol. The Morgan fingerprint density at radius 2 is 1.16 bits per heavy atom. The van der Waals surface area contributed by atoms with Crippen LogP contribution in [0.25, 0.3) is 0 Å². The Bertz CT molecular complexity index is 1860. The van der Waals surface area contributed by atoms with Crippen LogP contribution in [-0.4, -0.2) is 174 Å². The second-order valence-electron chi connectivity index (χ2n) is 17.4. The molecular formula is C44H75N13O12. The van der Waals surface area contributed by atoms with E-state index in [1.807, 2.05) is 0 Å². The minimum Gasteiger partial charge on any atom is -0.394 e. The van der Waals surface area contributed by atoms with Gasteiger partial charge in [-0.05, 0) is 77.1 Å². The Morgan fingerprint density at radius 1 is 0.681 bits per heavy atom. The third-order valence-electron chi connectivity index (χ3n) is 11.0. The predicted molar refractivity (Wildman–Crippen MR) is 252 cm³/mol. The molecular weight excluding hydrogens is 903 g/mol. The zero-order valence-corrected chi connectivity index (χ0v) is 40.0. The van der Waals surface area contributed by atoms with E-state index in [0.717, 1.165) is 0 Å². The Hall–Kier alpha value is -5.83. The maximum atomic E-state index is 14.3. The first kappa shape index (κ1) is 59.3. The van der Waals surface area contributed by atoms with Crippen LogP contribution >= 0.6 is 0 Å². The Balaban J connectivity index is 2.71. The van der Waals surface area contributed by atoms with Gasteiger partial charge in [0, 0.05) is 26.4 Å². The number of aliphatic hydroxyl groups excluding tert-OH is 3. The first-order valence-electron chi connectivity index (χ1n) is 23.2. The fourth-order valence-electron chi connectivity index (χ4n) is 7.19. The molecule has 0 saturated carbocycles. The van der Waals surface area contributed by atoms with Crippen molar-refractivity contribution in [2.75, 3.05) is 39.3 Å². The Kier molecular flexibility index (Phi) is 26.3. The highest BCUT2D eigenvalue weighted by Crippen LogP contribution is 2.11. The number of rotatable bonds is 19. The van der Waals surface area contributed by atoms with E-state index in [1.54, 1.807) is 44.2 Å². The smallest absolute Gasteiger partial charge is 0.245 e. The van der Waals surface area contributed by atoms with E-state index in [2.05, 4.69) is 53.2 Å². The number of benzene rings is 1. The molecule has 19 N–H and O–H groups in total. The molecule has 0 unspecified atom stereocenters. The molecule has 9 amide bonds. The summed E-state index contributed by atoms with van der Waals surface area (Å²) in [6.45, 7) is 5.67. The summed E-state index contributed by atoms with van der Waals surface area (Å²) in [4.78, 5) is 123. The number of nitrogens with one attached hydrogen (secondary N) is 10. The van der Waals surface area contributed by atoms with E-state index in [9.17, 15) is 58.5 Å². The molecule has 1 saturated heterocycles. The minimum absolute atomic E-state index is 0.0730. The minimum atomic E-state index is -1.63. The van der Waals surface area contributed by atoms with Crippen LogP contribution < -0.4 is 70.4 Å². The second kappa shape index (κ2) is 30.6. The Labute approximate surface area is 402 Å². The lowest BCUT2D eigenvalue weighted by atomic mass is 10.00. The first-order valence-corrected chi connectivity index (χ1v) is 23.2. The van der Waals surface area contributed by atoms with Crippen LogP contribution in [0, 0.1) is 5.92 Å². The molecule has 0 aromatic heterocycles. The van der Waals surface area contributed by atoms with Gasteiger partial charge in [-0.1, -0.05) is 44.2 Å². The highest BCUT2D eigenvalue weighted by Gasteiger charge is 2.36. The molecule has 2 rings (SSSR count). The Morgan fingerprint density at radius 3 is 1.64 bits per heavy atom. The lowest BCUT2D eigenvalue weighted by Gasteiger charge is -2.28. The van der Waals surface area contributed by atoms with Crippen LogP contribution in [0.3, 0.4) is 0 Å². The van der Waals surface area contributed by atoms with Gasteiger partial charge in [-0.15, -0.1) is 0 Å². The van der Waals surface area contributed by atoms with Gasteiger partial charge in [-0.3, -0.25) is 43.2 Å². The number of carbonyl (C=O) groups excluding carboxylic acids is 9.